The lowest BCUT2D eigenvalue weighted by atomic mass is 9.82. The number of hydrogen-bond donors (Lipinski definition) is 0. The molecule has 0 N–H and O–H groups in total. The number of ketones is 1. The van der Waals surface area contributed by atoms with Crippen LogP contribution in [0, 0.1) is 23.0 Å². The van der Waals surface area contributed by atoms with E-state index >= 15 is 0 Å². The molecule has 21 heavy (non-hydrogen) atoms. The molecule has 0 saturated carbocycles. The van der Waals surface area contributed by atoms with Crippen molar-refractivity contribution in [3.8, 4) is 0 Å². The summed E-state index contributed by atoms with van der Waals surface area (Å²) in [5.74, 6) is -3.48. The zero-order valence-electron chi connectivity index (χ0n) is 12.0. The smallest absolute Gasteiger partial charge is 0.299 e. The number of alkyl halides is 1. The maximum absolute atomic E-state index is 14.0. The van der Waals surface area contributed by atoms with Gasteiger partial charge in [-0.15, -0.1) is 0 Å². The minimum absolute atomic E-state index is 0.0112. The number of Topliss-reactive ketones (excluding diaryl/α,β-unsaturated/α-hetero) is 1. The summed E-state index contributed by atoms with van der Waals surface area (Å²) in [6.07, 6.45) is 0. The first kappa shape index (κ1) is 16.1. The van der Waals surface area contributed by atoms with Gasteiger partial charge in [-0.3, -0.25) is 9.59 Å². The number of amides is 1. The van der Waals surface area contributed by atoms with Gasteiger partial charge >= 0.3 is 0 Å². The second-order valence-electron chi connectivity index (χ2n) is 6.21. The van der Waals surface area contributed by atoms with Gasteiger partial charge in [0.25, 0.3) is 11.7 Å². The van der Waals surface area contributed by atoms with Crippen molar-refractivity contribution >= 4 is 33.3 Å². The first-order valence-corrected chi connectivity index (χ1v) is 7.70. The van der Waals surface area contributed by atoms with Gasteiger partial charge in [0.1, 0.15) is 11.6 Å². The molecule has 1 amide bonds. The summed E-state index contributed by atoms with van der Waals surface area (Å²) in [6.45, 7) is 6.13. The number of fused-ring (bicyclic) bond motifs is 1. The first-order valence-electron chi connectivity index (χ1n) is 6.58. The van der Waals surface area contributed by atoms with Crippen molar-refractivity contribution < 1.29 is 18.4 Å². The Kier molecular flexibility index (Phi) is 4.19. The number of nitrogens with zero attached hydrogens (tertiary/aromatic N) is 1. The third-order valence-corrected chi connectivity index (χ3v) is 4.61. The normalized spacial score (nSPS) is 16.4. The fourth-order valence-corrected chi connectivity index (χ4v) is 3.48. The van der Waals surface area contributed by atoms with Gasteiger partial charge < -0.3 is 4.90 Å². The van der Waals surface area contributed by atoms with Crippen molar-refractivity contribution in [3.05, 3.63) is 29.3 Å². The predicted octanol–water partition coefficient (Wildman–Crippen LogP) is 3.55. The summed E-state index contributed by atoms with van der Waals surface area (Å²) >= 11 is 3.38. The molecule has 6 heteroatoms. The van der Waals surface area contributed by atoms with E-state index in [-0.39, 0.29) is 23.6 Å². The number of carbonyl (C=O) groups is 2. The van der Waals surface area contributed by atoms with Gasteiger partial charge in [-0.25, -0.2) is 8.78 Å². The van der Waals surface area contributed by atoms with Crippen LogP contribution >= 0.6 is 15.9 Å². The number of halogens is 3. The third kappa shape index (κ3) is 2.73. The van der Waals surface area contributed by atoms with Crippen molar-refractivity contribution in [2.45, 2.75) is 20.8 Å². The predicted molar refractivity (Wildman–Crippen MR) is 79.8 cm³/mol. The fourth-order valence-electron chi connectivity index (χ4n) is 2.30. The Labute approximate surface area is 130 Å². The summed E-state index contributed by atoms with van der Waals surface area (Å²) in [6, 6.07) is 1.81. The standard InChI is InChI=1S/C15H16BrF2NO2/c1-15(2,3)8(6-16)7-19-12-10(18)5-4-9(17)11(12)13(20)14(19)21/h4-5,8H,6-7H2,1-3H3. The van der Waals surface area contributed by atoms with Gasteiger partial charge in [-0.05, 0) is 23.5 Å². The van der Waals surface area contributed by atoms with Crippen molar-refractivity contribution in [1.82, 2.24) is 0 Å². The Morgan fingerprint density at radius 1 is 1.19 bits per heavy atom. The van der Waals surface area contributed by atoms with Crippen LogP contribution in [0.15, 0.2) is 12.1 Å². The van der Waals surface area contributed by atoms with Crippen LogP contribution in [-0.4, -0.2) is 23.6 Å². The molecule has 0 radical (unpaired) electrons. The topological polar surface area (TPSA) is 37.4 Å². The van der Waals surface area contributed by atoms with E-state index in [1.807, 2.05) is 20.8 Å². The Balaban J connectivity index is 2.47. The van der Waals surface area contributed by atoms with Gasteiger partial charge in [-0.1, -0.05) is 36.7 Å². The van der Waals surface area contributed by atoms with Crippen LogP contribution in [0.1, 0.15) is 31.1 Å². The average molecular weight is 360 g/mol. The summed E-state index contributed by atoms with van der Waals surface area (Å²) in [5, 5.41) is 0.584. The lowest BCUT2D eigenvalue weighted by molar-refractivity contribution is -0.114. The number of carbonyl (C=O) groups excluding carboxylic acids is 2. The Morgan fingerprint density at radius 2 is 1.76 bits per heavy atom. The maximum atomic E-state index is 14.0. The van der Waals surface area contributed by atoms with Crippen LogP contribution in [0.3, 0.4) is 0 Å². The number of benzene rings is 1. The minimum atomic E-state index is -0.982. The highest BCUT2D eigenvalue weighted by atomic mass is 79.9. The van der Waals surface area contributed by atoms with E-state index in [4.69, 9.17) is 0 Å². The van der Waals surface area contributed by atoms with Gasteiger partial charge in [-0.2, -0.15) is 0 Å². The first-order chi connectivity index (χ1) is 9.68. The van der Waals surface area contributed by atoms with Crippen LogP contribution in [0.4, 0.5) is 14.5 Å². The van der Waals surface area contributed by atoms with Crippen LogP contribution < -0.4 is 4.90 Å². The molecular weight excluding hydrogens is 344 g/mol. The Bertz CT molecular complexity index is 610. The quantitative estimate of drug-likeness (QED) is 0.611. The van der Waals surface area contributed by atoms with E-state index in [9.17, 15) is 18.4 Å². The molecule has 1 aliphatic heterocycles. The Hall–Kier alpha value is -1.30. The molecule has 3 nitrogen and oxygen atoms in total. The van der Waals surface area contributed by atoms with Crippen molar-refractivity contribution in [2.24, 2.45) is 11.3 Å². The second-order valence-corrected chi connectivity index (χ2v) is 6.86. The summed E-state index contributed by atoms with van der Waals surface area (Å²) in [7, 11) is 0. The highest BCUT2D eigenvalue weighted by molar-refractivity contribution is 9.09. The van der Waals surface area contributed by atoms with Gasteiger partial charge in [0.05, 0.1) is 11.3 Å². The minimum Gasteiger partial charge on any atom is -0.302 e. The molecular formula is C15H16BrF2NO2. The van der Waals surface area contributed by atoms with Crippen molar-refractivity contribution in [3.63, 3.8) is 0 Å². The van der Waals surface area contributed by atoms with E-state index in [0.717, 1.165) is 17.0 Å². The van der Waals surface area contributed by atoms with E-state index in [1.165, 1.54) is 0 Å². The number of anilines is 1. The van der Waals surface area contributed by atoms with Crippen LogP contribution in [-0.2, 0) is 4.79 Å². The van der Waals surface area contributed by atoms with Crippen LogP contribution in [0.25, 0.3) is 0 Å². The molecule has 0 bridgehead atoms. The maximum Gasteiger partial charge on any atom is 0.299 e. The lowest BCUT2D eigenvalue weighted by Gasteiger charge is -2.32. The molecule has 1 aliphatic rings. The van der Waals surface area contributed by atoms with Crippen molar-refractivity contribution in [1.29, 1.82) is 0 Å². The monoisotopic (exact) mass is 359 g/mol. The summed E-state index contributed by atoms with van der Waals surface area (Å²) in [5.41, 5.74) is -0.846. The second kappa shape index (κ2) is 5.48. The number of hydrogen-bond acceptors (Lipinski definition) is 2. The Morgan fingerprint density at radius 3 is 2.29 bits per heavy atom. The molecule has 0 saturated heterocycles. The lowest BCUT2D eigenvalue weighted by Crippen LogP contribution is -2.39. The number of rotatable bonds is 3. The van der Waals surface area contributed by atoms with E-state index in [2.05, 4.69) is 15.9 Å². The molecule has 0 fully saturated rings. The molecule has 1 aromatic rings. The summed E-state index contributed by atoms with van der Waals surface area (Å²) in [4.78, 5) is 25.0. The molecule has 114 valence electrons. The molecule has 1 unspecified atom stereocenters. The zero-order valence-corrected chi connectivity index (χ0v) is 13.6. The molecule has 0 aromatic heterocycles. The van der Waals surface area contributed by atoms with Gasteiger partial charge in [0.2, 0.25) is 0 Å². The molecule has 1 heterocycles. The van der Waals surface area contributed by atoms with Crippen LogP contribution in [0.2, 0.25) is 0 Å². The molecule has 0 spiro atoms. The fraction of sp³-hybridized carbons (Fsp3) is 0.467. The molecule has 2 rings (SSSR count). The molecule has 1 aromatic carbocycles. The van der Waals surface area contributed by atoms with Crippen molar-refractivity contribution in [2.75, 3.05) is 16.8 Å². The average Bonchev–Trinajstić information content (AvgIpc) is 2.64. The highest BCUT2D eigenvalue weighted by Crippen LogP contribution is 2.37. The van der Waals surface area contributed by atoms with Gasteiger partial charge in [0.15, 0.2) is 0 Å². The molecule has 0 aliphatic carbocycles. The van der Waals surface area contributed by atoms with E-state index in [1.54, 1.807) is 0 Å². The highest BCUT2D eigenvalue weighted by Gasteiger charge is 2.42. The summed E-state index contributed by atoms with van der Waals surface area (Å²) < 4.78 is 27.7. The SMILES string of the molecule is CC(C)(C)C(CBr)CN1C(=O)C(=O)c2c(F)ccc(F)c21. The third-order valence-electron chi connectivity index (χ3n) is 3.83. The molecule has 1 atom stereocenters. The van der Waals surface area contributed by atoms with Crippen LogP contribution in [0.5, 0.6) is 0 Å². The zero-order chi connectivity index (χ0) is 15.9. The van der Waals surface area contributed by atoms with E-state index in [0.29, 0.717) is 5.33 Å². The largest absolute Gasteiger partial charge is 0.302 e. The van der Waals surface area contributed by atoms with E-state index < -0.39 is 28.9 Å². The van der Waals surface area contributed by atoms with Gasteiger partial charge in [0, 0.05) is 11.9 Å².